The van der Waals surface area contributed by atoms with Crippen LogP contribution in [0.4, 0.5) is 5.13 Å². The molecular weight excluding hydrogens is 394 g/mol. The molecule has 2 atom stereocenters. The van der Waals surface area contributed by atoms with Crippen molar-refractivity contribution in [3.05, 3.63) is 46.7 Å². The van der Waals surface area contributed by atoms with E-state index in [9.17, 15) is 4.79 Å². The first-order chi connectivity index (χ1) is 13.3. The van der Waals surface area contributed by atoms with Gasteiger partial charge in [0.05, 0.1) is 10.9 Å². The van der Waals surface area contributed by atoms with E-state index in [0.717, 1.165) is 16.3 Å². The number of rotatable bonds is 7. The molecule has 2 aromatic heterocycles. The summed E-state index contributed by atoms with van der Waals surface area (Å²) >= 11 is 2.83. The predicted molar refractivity (Wildman–Crippen MR) is 112 cm³/mol. The van der Waals surface area contributed by atoms with Gasteiger partial charge in [0.15, 0.2) is 22.2 Å². The van der Waals surface area contributed by atoms with Gasteiger partial charge in [-0.2, -0.15) is 0 Å². The highest BCUT2D eigenvalue weighted by Gasteiger charge is 2.22. The minimum absolute atomic E-state index is 0.114. The summed E-state index contributed by atoms with van der Waals surface area (Å²) < 4.78 is 7.78. The maximum Gasteiger partial charge on any atom is 0.239 e. The third kappa shape index (κ3) is 4.71. The van der Waals surface area contributed by atoms with Gasteiger partial charge in [-0.25, -0.2) is 4.98 Å². The average Bonchev–Trinajstić information content (AvgIpc) is 3.17. The lowest BCUT2D eigenvalue weighted by Crippen LogP contribution is -2.22. The molecule has 1 aromatic carbocycles. The second-order valence-electron chi connectivity index (χ2n) is 6.38. The number of nitrogens with zero attached hydrogens (tertiary/aromatic N) is 4. The summed E-state index contributed by atoms with van der Waals surface area (Å²) in [7, 11) is 1.88. The number of carbonyl (C=O) groups excluding carboxylic acids is 1. The van der Waals surface area contributed by atoms with Crippen LogP contribution in [-0.2, 0) is 11.8 Å². The molecule has 3 aromatic rings. The first-order valence-electron chi connectivity index (χ1n) is 8.87. The Hall–Kier alpha value is -2.39. The van der Waals surface area contributed by atoms with Crippen molar-refractivity contribution < 1.29 is 9.53 Å². The fraction of sp³-hybridized carbons (Fsp3) is 0.368. The van der Waals surface area contributed by atoms with Gasteiger partial charge in [-0.1, -0.05) is 30.0 Å². The number of aromatic nitrogens is 4. The Labute approximate surface area is 172 Å². The Kier molecular flexibility index (Phi) is 6.35. The third-order valence-corrected chi connectivity index (χ3v) is 6.32. The van der Waals surface area contributed by atoms with Crippen LogP contribution < -0.4 is 10.1 Å². The maximum atomic E-state index is 12.5. The van der Waals surface area contributed by atoms with Gasteiger partial charge in [0.1, 0.15) is 5.75 Å². The van der Waals surface area contributed by atoms with Crippen molar-refractivity contribution in [1.82, 2.24) is 19.7 Å². The smallest absolute Gasteiger partial charge is 0.239 e. The number of carbonyl (C=O) groups is 1. The molecule has 28 heavy (non-hydrogen) atoms. The second kappa shape index (κ2) is 8.74. The fourth-order valence-electron chi connectivity index (χ4n) is 2.48. The van der Waals surface area contributed by atoms with Gasteiger partial charge in [-0.15, -0.1) is 21.5 Å². The molecule has 0 spiro atoms. The van der Waals surface area contributed by atoms with Crippen LogP contribution in [0.3, 0.4) is 0 Å². The molecule has 2 heterocycles. The van der Waals surface area contributed by atoms with E-state index in [4.69, 9.17) is 4.74 Å². The number of nitrogens with one attached hydrogen (secondary N) is 1. The number of ether oxygens (including phenoxy) is 1. The number of anilines is 1. The van der Waals surface area contributed by atoms with E-state index in [1.165, 1.54) is 23.1 Å². The van der Waals surface area contributed by atoms with Gasteiger partial charge in [-0.05, 0) is 39.8 Å². The van der Waals surface area contributed by atoms with Crippen molar-refractivity contribution >= 4 is 34.1 Å². The summed E-state index contributed by atoms with van der Waals surface area (Å²) in [6.07, 6.45) is -0.264. The van der Waals surface area contributed by atoms with Crippen molar-refractivity contribution in [2.75, 3.05) is 5.32 Å². The normalized spacial score (nSPS) is 13.2. The van der Waals surface area contributed by atoms with Crippen LogP contribution in [0.1, 0.15) is 36.3 Å². The van der Waals surface area contributed by atoms with Crippen molar-refractivity contribution in [2.45, 2.75) is 44.2 Å². The fourth-order valence-corrected chi connectivity index (χ4v) is 4.12. The van der Waals surface area contributed by atoms with Crippen molar-refractivity contribution in [1.29, 1.82) is 0 Å². The maximum absolute atomic E-state index is 12.5. The number of thiazole rings is 1. The summed E-state index contributed by atoms with van der Waals surface area (Å²) in [5.41, 5.74) is 0.936. The van der Waals surface area contributed by atoms with Crippen LogP contribution in [0.5, 0.6) is 5.75 Å². The van der Waals surface area contributed by atoms with E-state index < -0.39 is 0 Å². The van der Waals surface area contributed by atoms with E-state index >= 15 is 0 Å². The molecule has 148 valence electrons. The standard InChI is InChI=1S/C19H23N5O2S2/c1-11-13(3)27-18(20-11)21-17(25)14(4)28-19-23-22-16(24(19)5)12(2)26-15-9-7-6-8-10-15/h6-10,12,14H,1-5H3,(H,20,21,25)/t12-,14+/m0/s1. The number of hydrogen-bond donors (Lipinski definition) is 1. The predicted octanol–water partition coefficient (Wildman–Crippen LogP) is 4.15. The summed E-state index contributed by atoms with van der Waals surface area (Å²) in [4.78, 5) is 17.9. The molecule has 0 aliphatic heterocycles. The Bertz CT molecular complexity index is 935. The number of aryl methyl sites for hydroxylation is 2. The van der Waals surface area contributed by atoms with Crippen molar-refractivity contribution in [2.24, 2.45) is 7.05 Å². The zero-order valence-electron chi connectivity index (χ0n) is 16.5. The quantitative estimate of drug-likeness (QED) is 0.582. The molecule has 0 unspecified atom stereocenters. The van der Waals surface area contributed by atoms with E-state index in [1.807, 2.05) is 69.6 Å². The van der Waals surface area contributed by atoms with Crippen molar-refractivity contribution in [3.63, 3.8) is 0 Å². The Morgan fingerprint density at radius 3 is 2.57 bits per heavy atom. The van der Waals surface area contributed by atoms with E-state index in [-0.39, 0.29) is 17.3 Å². The van der Waals surface area contributed by atoms with Crippen LogP contribution in [0.15, 0.2) is 35.5 Å². The monoisotopic (exact) mass is 417 g/mol. The number of benzene rings is 1. The lowest BCUT2D eigenvalue weighted by Gasteiger charge is -2.14. The summed E-state index contributed by atoms with van der Waals surface area (Å²) in [5.74, 6) is 1.36. The van der Waals surface area contributed by atoms with Gasteiger partial charge < -0.3 is 14.6 Å². The topological polar surface area (TPSA) is 81.9 Å². The molecule has 0 aliphatic carbocycles. The van der Waals surface area contributed by atoms with E-state index in [0.29, 0.717) is 16.1 Å². The summed E-state index contributed by atoms with van der Waals surface area (Å²) in [5, 5.41) is 12.3. The highest BCUT2D eigenvalue weighted by Crippen LogP contribution is 2.27. The zero-order chi connectivity index (χ0) is 20.3. The van der Waals surface area contributed by atoms with E-state index in [1.54, 1.807) is 0 Å². The first-order valence-corrected chi connectivity index (χ1v) is 10.6. The van der Waals surface area contributed by atoms with Gasteiger partial charge in [0.25, 0.3) is 0 Å². The van der Waals surface area contributed by atoms with Gasteiger partial charge >= 0.3 is 0 Å². The van der Waals surface area contributed by atoms with Crippen molar-refractivity contribution in [3.8, 4) is 5.75 Å². The lowest BCUT2D eigenvalue weighted by molar-refractivity contribution is -0.115. The molecule has 1 N–H and O–H groups in total. The van der Waals surface area contributed by atoms with Gasteiger partial charge in [-0.3, -0.25) is 4.79 Å². The molecule has 3 rings (SSSR count). The molecule has 0 bridgehead atoms. The highest BCUT2D eigenvalue weighted by atomic mass is 32.2. The molecule has 1 amide bonds. The van der Waals surface area contributed by atoms with Crippen LogP contribution >= 0.6 is 23.1 Å². The number of hydrogen-bond acceptors (Lipinski definition) is 7. The van der Waals surface area contributed by atoms with Crippen LogP contribution in [-0.4, -0.2) is 30.9 Å². The molecule has 7 nitrogen and oxygen atoms in total. The van der Waals surface area contributed by atoms with E-state index in [2.05, 4.69) is 20.5 Å². The van der Waals surface area contributed by atoms with Crippen LogP contribution in [0, 0.1) is 13.8 Å². The zero-order valence-corrected chi connectivity index (χ0v) is 18.1. The molecular formula is C19H23N5O2S2. The minimum Gasteiger partial charge on any atom is -0.483 e. The molecule has 0 saturated heterocycles. The Morgan fingerprint density at radius 1 is 1.21 bits per heavy atom. The summed E-state index contributed by atoms with van der Waals surface area (Å²) in [6.45, 7) is 7.68. The summed E-state index contributed by atoms with van der Waals surface area (Å²) in [6, 6.07) is 9.58. The Morgan fingerprint density at radius 2 is 1.93 bits per heavy atom. The molecule has 0 fully saturated rings. The minimum atomic E-state index is -0.342. The van der Waals surface area contributed by atoms with Gasteiger partial charge in [0.2, 0.25) is 5.91 Å². The number of thioether (sulfide) groups is 1. The SMILES string of the molecule is Cc1nc(NC(=O)[C@@H](C)Sc2nnc([C@H](C)Oc3ccccc3)n2C)sc1C. The third-order valence-electron chi connectivity index (χ3n) is 4.20. The molecule has 0 radical (unpaired) electrons. The number of para-hydroxylation sites is 1. The molecule has 9 heteroatoms. The second-order valence-corrected chi connectivity index (χ2v) is 8.89. The highest BCUT2D eigenvalue weighted by molar-refractivity contribution is 8.00. The van der Waals surface area contributed by atoms with Crippen LogP contribution in [0.2, 0.25) is 0 Å². The molecule has 0 saturated carbocycles. The first kappa shape index (κ1) is 20.3. The molecule has 0 aliphatic rings. The largest absolute Gasteiger partial charge is 0.483 e. The average molecular weight is 418 g/mol. The van der Waals surface area contributed by atoms with Crippen LogP contribution in [0.25, 0.3) is 0 Å². The lowest BCUT2D eigenvalue weighted by atomic mass is 10.3. The number of amides is 1. The Balaban J connectivity index is 1.63. The van der Waals surface area contributed by atoms with Gasteiger partial charge in [0, 0.05) is 11.9 Å².